The molecule has 8 nitrogen and oxygen atoms in total. The van der Waals surface area contributed by atoms with Gasteiger partial charge in [0.05, 0.1) is 19.7 Å². The number of anilines is 3. The zero-order valence-corrected chi connectivity index (χ0v) is 19.4. The van der Waals surface area contributed by atoms with Crippen LogP contribution in [0.5, 0.6) is 11.5 Å². The minimum Gasteiger partial charge on any atom is -0.493 e. The predicted octanol–water partition coefficient (Wildman–Crippen LogP) is 3.92. The molecule has 3 aromatic rings. The van der Waals surface area contributed by atoms with Gasteiger partial charge in [0.1, 0.15) is 5.82 Å². The fraction of sp³-hybridized carbons (Fsp3) is 0.417. The van der Waals surface area contributed by atoms with Crippen molar-refractivity contribution >= 4 is 28.4 Å². The second-order valence-corrected chi connectivity index (χ2v) is 7.78. The van der Waals surface area contributed by atoms with E-state index in [1.54, 1.807) is 14.2 Å². The molecule has 3 rings (SSSR count). The molecule has 3 N–H and O–H groups in total. The summed E-state index contributed by atoms with van der Waals surface area (Å²) < 4.78 is 10.9. The molecule has 2 aromatic carbocycles. The third-order valence-electron chi connectivity index (χ3n) is 5.02. The van der Waals surface area contributed by atoms with Gasteiger partial charge in [-0.25, -0.2) is 4.98 Å². The Kier molecular flexibility index (Phi) is 8.74. The molecular formula is C24H34N6O2. The Morgan fingerprint density at radius 1 is 0.812 bits per heavy atom. The number of nitrogens with zero attached hydrogens (tertiary/aromatic N) is 3. The van der Waals surface area contributed by atoms with Gasteiger partial charge in [-0.15, -0.1) is 0 Å². The van der Waals surface area contributed by atoms with Crippen molar-refractivity contribution in [2.45, 2.75) is 12.8 Å². The lowest BCUT2D eigenvalue weighted by molar-refractivity contribution is 0.356. The fourth-order valence-corrected chi connectivity index (χ4v) is 3.35. The number of aromatic nitrogens is 2. The minimum atomic E-state index is 0.605. The van der Waals surface area contributed by atoms with Gasteiger partial charge in [-0.2, -0.15) is 4.98 Å². The first kappa shape index (κ1) is 23.4. The van der Waals surface area contributed by atoms with E-state index in [9.17, 15) is 0 Å². The summed E-state index contributed by atoms with van der Waals surface area (Å²) in [6, 6.07) is 14.0. The van der Waals surface area contributed by atoms with E-state index in [1.165, 1.54) is 0 Å². The van der Waals surface area contributed by atoms with Gasteiger partial charge in [-0.3, -0.25) is 0 Å². The normalized spacial score (nSPS) is 10.9. The van der Waals surface area contributed by atoms with Crippen molar-refractivity contribution < 1.29 is 9.47 Å². The van der Waals surface area contributed by atoms with Crippen LogP contribution in [0.1, 0.15) is 12.8 Å². The molecule has 8 heteroatoms. The molecule has 1 heterocycles. The third-order valence-corrected chi connectivity index (χ3v) is 5.02. The molecule has 32 heavy (non-hydrogen) atoms. The molecule has 0 aliphatic rings. The molecule has 0 unspecified atom stereocenters. The Morgan fingerprint density at radius 3 is 2.22 bits per heavy atom. The lowest BCUT2D eigenvalue weighted by Crippen LogP contribution is -2.17. The van der Waals surface area contributed by atoms with E-state index in [0.717, 1.165) is 61.4 Å². The van der Waals surface area contributed by atoms with Crippen molar-refractivity contribution in [1.82, 2.24) is 14.9 Å². The highest BCUT2D eigenvalue weighted by molar-refractivity contribution is 5.92. The van der Waals surface area contributed by atoms with Crippen molar-refractivity contribution in [3.8, 4) is 11.5 Å². The molecule has 0 aliphatic heterocycles. The number of methoxy groups -OCH3 is 2. The van der Waals surface area contributed by atoms with Gasteiger partial charge in [0, 0.05) is 36.8 Å². The summed E-state index contributed by atoms with van der Waals surface area (Å²) in [5, 5.41) is 11.2. The molecule has 0 bridgehead atoms. The summed E-state index contributed by atoms with van der Waals surface area (Å²) in [5.74, 6) is 2.69. The predicted molar refractivity (Wildman–Crippen MR) is 132 cm³/mol. The average molecular weight is 439 g/mol. The van der Waals surface area contributed by atoms with E-state index in [4.69, 9.17) is 19.4 Å². The molecule has 0 spiro atoms. The monoisotopic (exact) mass is 438 g/mol. The first-order valence-corrected chi connectivity index (χ1v) is 11.0. The smallest absolute Gasteiger partial charge is 0.225 e. The van der Waals surface area contributed by atoms with Crippen LogP contribution in [0.3, 0.4) is 0 Å². The fourth-order valence-electron chi connectivity index (χ4n) is 3.35. The van der Waals surface area contributed by atoms with Gasteiger partial charge in [0.15, 0.2) is 11.5 Å². The van der Waals surface area contributed by atoms with Crippen molar-refractivity contribution in [3.63, 3.8) is 0 Å². The van der Waals surface area contributed by atoms with Crippen molar-refractivity contribution in [1.29, 1.82) is 0 Å². The molecule has 0 radical (unpaired) electrons. The molecule has 0 fully saturated rings. The number of rotatable bonds is 13. The SMILES string of the molecule is COc1cc2nc(NCCCN(C)C)nc(NCCCNc3ccccc3)c2cc1OC. The number of hydrogen-bond acceptors (Lipinski definition) is 8. The first-order chi connectivity index (χ1) is 15.6. The lowest BCUT2D eigenvalue weighted by Gasteiger charge is -2.15. The molecule has 0 aliphatic carbocycles. The number of nitrogens with one attached hydrogen (secondary N) is 3. The van der Waals surface area contributed by atoms with Gasteiger partial charge in [-0.05, 0) is 51.7 Å². The molecule has 0 atom stereocenters. The van der Waals surface area contributed by atoms with Crippen LogP contribution < -0.4 is 25.4 Å². The van der Waals surface area contributed by atoms with E-state index < -0.39 is 0 Å². The van der Waals surface area contributed by atoms with Crippen molar-refractivity contribution in [2.24, 2.45) is 0 Å². The molecule has 0 amide bonds. The summed E-state index contributed by atoms with van der Waals surface area (Å²) in [4.78, 5) is 11.6. The Hall–Kier alpha value is -3.26. The van der Waals surface area contributed by atoms with E-state index in [0.29, 0.717) is 17.4 Å². The summed E-state index contributed by atoms with van der Waals surface area (Å²) in [5.41, 5.74) is 1.93. The highest BCUT2D eigenvalue weighted by Gasteiger charge is 2.13. The van der Waals surface area contributed by atoms with Crippen molar-refractivity contribution in [3.05, 3.63) is 42.5 Å². The van der Waals surface area contributed by atoms with Gasteiger partial charge < -0.3 is 30.3 Å². The van der Waals surface area contributed by atoms with E-state index in [1.807, 2.05) is 30.3 Å². The molecular weight excluding hydrogens is 404 g/mol. The topological polar surface area (TPSA) is 83.6 Å². The zero-order chi connectivity index (χ0) is 22.8. The van der Waals surface area contributed by atoms with Gasteiger partial charge in [0.25, 0.3) is 0 Å². The minimum absolute atomic E-state index is 0.605. The molecule has 1 aromatic heterocycles. The third kappa shape index (κ3) is 6.62. The molecule has 0 saturated carbocycles. The quantitative estimate of drug-likeness (QED) is 0.346. The maximum atomic E-state index is 5.48. The van der Waals surface area contributed by atoms with Gasteiger partial charge in [-0.1, -0.05) is 18.2 Å². The van der Waals surface area contributed by atoms with Crippen LogP contribution in [0.4, 0.5) is 17.5 Å². The second kappa shape index (κ2) is 12.0. The average Bonchev–Trinajstić information content (AvgIpc) is 2.81. The highest BCUT2D eigenvalue weighted by Crippen LogP contribution is 2.34. The van der Waals surface area contributed by atoms with Gasteiger partial charge in [0.2, 0.25) is 5.95 Å². The number of fused-ring (bicyclic) bond motifs is 1. The number of hydrogen-bond donors (Lipinski definition) is 3. The summed E-state index contributed by atoms with van der Waals surface area (Å²) in [7, 11) is 7.40. The standard InChI is InChI=1S/C24H34N6O2/c1-30(2)15-9-14-27-24-28-20-17-22(32-4)21(31-3)16-19(20)23(29-24)26-13-8-12-25-18-10-6-5-7-11-18/h5-7,10-11,16-17,25H,8-9,12-15H2,1-4H3,(H2,26,27,28,29). The Bertz CT molecular complexity index is 981. The molecule has 0 saturated heterocycles. The number of para-hydroxylation sites is 1. The number of benzene rings is 2. The second-order valence-electron chi connectivity index (χ2n) is 7.78. The zero-order valence-electron chi connectivity index (χ0n) is 19.4. The maximum absolute atomic E-state index is 5.48. The van der Waals surface area contributed by atoms with E-state index in [2.05, 4.69) is 47.1 Å². The van der Waals surface area contributed by atoms with E-state index >= 15 is 0 Å². The lowest BCUT2D eigenvalue weighted by atomic mass is 10.2. The van der Waals surface area contributed by atoms with Gasteiger partial charge >= 0.3 is 0 Å². The van der Waals surface area contributed by atoms with Crippen LogP contribution in [-0.4, -0.2) is 69.4 Å². The summed E-state index contributed by atoms with van der Waals surface area (Å²) in [6.45, 7) is 3.45. The number of ether oxygens (including phenoxy) is 2. The van der Waals surface area contributed by atoms with Crippen LogP contribution in [0, 0.1) is 0 Å². The highest BCUT2D eigenvalue weighted by atomic mass is 16.5. The maximum Gasteiger partial charge on any atom is 0.225 e. The van der Waals surface area contributed by atoms with Crippen LogP contribution in [0.25, 0.3) is 10.9 Å². The van der Waals surface area contributed by atoms with E-state index in [-0.39, 0.29) is 0 Å². The Labute approximate surface area is 190 Å². The summed E-state index contributed by atoms with van der Waals surface area (Å²) in [6.07, 6.45) is 1.95. The largest absolute Gasteiger partial charge is 0.493 e. The van der Waals surface area contributed by atoms with Crippen molar-refractivity contribution in [2.75, 3.05) is 70.4 Å². The summed E-state index contributed by atoms with van der Waals surface area (Å²) >= 11 is 0. The van der Waals surface area contributed by atoms with Crippen LogP contribution in [0.2, 0.25) is 0 Å². The molecule has 172 valence electrons. The Morgan fingerprint density at radius 2 is 1.50 bits per heavy atom. The Balaban J connectivity index is 1.71. The van der Waals surface area contributed by atoms with Crippen LogP contribution in [-0.2, 0) is 0 Å². The first-order valence-electron chi connectivity index (χ1n) is 11.0. The van der Waals surface area contributed by atoms with Crippen LogP contribution >= 0.6 is 0 Å². The van der Waals surface area contributed by atoms with Crippen LogP contribution in [0.15, 0.2) is 42.5 Å².